The van der Waals surface area contributed by atoms with Crippen LogP contribution in [0.1, 0.15) is 35.7 Å². The van der Waals surface area contributed by atoms with E-state index >= 15 is 0 Å². The minimum absolute atomic E-state index is 0.0507. The predicted molar refractivity (Wildman–Crippen MR) is 82.9 cm³/mol. The molecule has 0 saturated carbocycles. The first-order chi connectivity index (χ1) is 11.1. The average Bonchev–Trinajstić information content (AvgIpc) is 2.56. The van der Waals surface area contributed by atoms with Gasteiger partial charge >= 0.3 is 5.97 Å². The fourth-order valence-corrected chi connectivity index (χ4v) is 1.84. The van der Waals surface area contributed by atoms with Crippen molar-refractivity contribution in [1.82, 2.24) is 0 Å². The topological polar surface area (TPSA) is 59.3 Å². The number of hydrogen-bond acceptors (Lipinski definition) is 4. The highest BCUT2D eigenvalue weighted by atomic mass is 19.1. The molecule has 5 heteroatoms. The smallest absolute Gasteiger partial charge is 0.343 e. The summed E-state index contributed by atoms with van der Waals surface area (Å²) in [5.74, 6) is -0.596. The molecule has 0 fully saturated rings. The lowest BCUT2D eigenvalue weighted by molar-refractivity contribution is 0.0734. The number of carbonyl (C=O) groups is 1. The third-order valence-corrected chi connectivity index (χ3v) is 3.13. The molecule has 0 aliphatic heterocycles. The van der Waals surface area contributed by atoms with Crippen LogP contribution >= 0.6 is 0 Å². The fraction of sp³-hybridized carbons (Fsp3) is 0.222. The number of nitrogens with zero attached hydrogens (tertiary/aromatic N) is 1. The van der Waals surface area contributed by atoms with Crippen molar-refractivity contribution in [3.63, 3.8) is 0 Å². The van der Waals surface area contributed by atoms with E-state index < -0.39 is 11.8 Å². The normalized spacial score (nSPS) is 9.96. The molecule has 2 rings (SSSR count). The molecule has 4 nitrogen and oxygen atoms in total. The van der Waals surface area contributed by atoms with E-state index in [1.807, 2.05) is 0 Å². The molecule has 0 aliphatic rings. The van der Waals surface area contributed by atoms with Crippen molar-refractivity contribution in [2.75, 3.05) is 6.61 Å². The zero-order chi connectivity index (χ0) is 16.7. The van der Waals surface area contributed by atoms with Gasteiger partial charge in [0.2, 0.25) is 0 Å². The Hall–Kier alpha value is -2.87. The molecule has 0 aliphatic carbocycles. The summed E-state index contributed by atoms with van der Waals surface area (Å²) in [5.41, 5.74) is 0.232. The van der Waals surface area contributed by atoms with E-state index in [-0.39, 0.29) is 11.3 Å². The Labute approximate surface area is 134 Å². The van der Waals surface area contributed by atoms with Crippen LogP contribution in [0.25, 0.3) is 0 Å². The van der Waals surface area contributed by atoms with Crippen molar-refractivity contribution in [2.24, 2.45) is 0 Å². The molecule has 0 atom stereocenters. The molecule has 0 N–H and O–H groups in total. The van der Waals surface area contributed by atoms with Crippen molar-refractivity contribution in [1.29, 1.82) is 5.26 Å². The minimum atomic E-state index is -0.725. The number of benzene rings is 2. The van der Waals surface area contributed by atoms with Gasteiger partial charge in [-0.3, -0.25) is 0 Å². The number of carbonyl (C=O) groups excluding carboxylic acids is 1. The third kappa shape index (κ3) is 4.55. The van der Waals surface area contributed by atoms with E-state index in [9.17, 15) is 9.18 Å². The van der Waals surface area contributed by atoms with E-state index in [0.717, 1.165) is 18.9 Å². The summed E-state index contributed by atoms with van der Waals surface area (Å²) in [6, 6.07) is 11.9. The largest absolute Gasteiger partial charge is 0.494 e. The zero-order valence-corrected chi connectivity index (χ0v) is 12.7. The zero-order valence-electron chi connectivity index (χ0n) is 12.7. The molecule has 0 radical (unpaired) electrons. The van der Waals surface area contributed by atoms with E-state index in [1.165, 1.54) is 12.1 Å². The summed E-state index contributed by atoms with van der Waals surface area (Å²) in [5, 5.41) is 8.66. The predicted octanol–water partition coefficient (Wildman–Crippen LogP) is 4.10. The van der Waals surface area contributed by atoms with Crippen LogP contribution in [0.4, 0.5) is 4.39 Å². The number of esters is 1. The number of ether oxygens (including phenoxy) is 2. The molecule has 118 valence electrons. The van der Waals surface area contributed by atoms with Crippen LogP contribution in [0, 0.1) is 17.1 Å². The van der Waals surface area contributed by atoms with Gasteiger partial charge < -0.3 is 9.47 Å². The van der Waals surface area contributed by atoms with Gasteiger partial charge in [0.05, 0.1) is 17.7 Å². The molecule has 0 aromatic heterocycles. The summed E-state index contributed by atoms with van der Waals surface area (Å²) < 4.78 is 24.1. The average molecular weight is 313 g/mol. The first-order valence-corrected chi connectivity index (χ1v) is 7.28. The van der Waals surface area contributed by atoms with Gasteiger partial charge in [-0.25, -0.2) is 9.18 Å². The standard InChI is InChI=1S/C18H16FNO3/c1-2-3-10-22-15-7-4-13(5-8-15)18(21)23-16-9-6-14(12-20)17(19)11-16/h4-9,11H,2-3,10H2,1H3. The highest BCUT2D eigenvalue weighted by Crippen LogP contribution is 2.19. The Morgan fingerprint density at radius 2 is 1.87 bits per heavy atom. The monoisotopic (exact) mass is 313 g/mol. The molecule has 0 heterocycles. The van der Waals surface area contributed by atoms with Gasteiger partial charge in [0.1, 0.15) is 23.4 Å². The summed E-state index contributed by atoms with van der Waals surface area (Å²) in [6.45, 7) is 2.71. The Morgan fingerprint density at radius 3 is 2.48 bits per heavy atom. The molecule has 0 spiro atoms. The van der Waals surface area contributed by atoms with Crippen LogP contribution < -0.4 is 9.47 Å². The van der Waals surface area contributed by atoms with E-state index in [1.54, 1.807) is 30.3 Å². The number of halogens is 1. The minimum Gasteiger partial charge on any atom is -0.494 e. The molecule has 2 aromatic rings. The van der Waals surface area contributed by atoms with Crippen molar-refractivity contribution in [3.8, 4) is 17.6 Å². The molecule has 0 amide bonds. The van der Waals surface area contributed by atoms with Crippen molar-refractivity contribution < 1.29 is 18.7 Å². The molecular formula is C18H16FNO3. The Kier molecular flexibility index (Phi) is 5.70. The Morgan fingerprint density at radius 1 is 1.17 bits per heavy atom. The molecular weight excluding hydrogens is 297 g/mol. The van der Waals surface area contributed by atoms with Crippen LogP contribution in [0.5, 0.6) is 11.5 Å². The third-order valence-electron chi connectivity index (χ3n) is 3.13. The van der Waals surface area contributed by atoms with E-state index in [2.05, 4.69) is 6.92 Å². The maximum absolute atomic E-state index is 13.5. The highest BCUT2D eigenvalue weighted by molar-refractivity contribution is 5.91. The Bertz CT molecular complexity index is 720. The van der Waals surface area contributed by atoms with Gasteiger partial charge in [0, 0.05) is 6.07 Å². The first kappa shape index (κ1) is 16.5. The number of hydrogen-bond donors (Lipinski definition) is 0. The van der Waals surface area contributed by atoms with Gasteiger partial charge in [-0.1, -0.05) is 13.3 Å². The van der Waals surface area contributed by atoms with Crippen LogP contribution in [0.3, 0.4) is 0 Å². The SMILES string of the molecule is CCCCOc1ccc(C(=O)Oc2ccc(C#N)c(F)c2)cc1. The number of nitriles is 1. The first-order valence-electron chi connectivity index (χ1n) is 7.28. The Balaban J connectivity index is 2.00. The summed E-state index contributed by atoms with van der Waals surface area (Å²) in [7, 11) is 0. The lowest BCUT2D eigenvalue weighted by atomic mass is 10.2. The maximum atomic E-state index is 13.5. The van der Waals surface area contributed by atoms with Crippen LogP contribution in [0.15, 0.2) is 42.5 Å². The number of rotatable bonds is 6. The maximum Gasteiger partial charge on any atom is 0.343 e. The summed E-state index contributed by atoms with van der Waals surface area (Å²) in [6.07, 6.45) is 2.01. The second-order valence-corrected chi connectivity index (χ2v) is 4.87. The lowest BCUT2D eigenvalue weighted by Gasteiger charge is -2.07. The second kappa shape index (κ2) is 7.95. The quantitative estimate of drug-likeness (QED) is 0.458. The van der Waals surface area contributed by atoms with Crippen molar-refractivity contribution in [3.05, 3.63) is 59.4 Å². The van der Waals surface area contributed by atoms with Crippen molar-refractivity contribution >= 4 is 5.97 Å². The lowest BCUT2D eigenvalue weighted by Crippen LogP contribution is -2.08. The molecule has 0 unspecified atom stereocenters. The molecule has 23 heavy (non-hydrogen) atoms. The van der Waals surface area contributed by atoms with Crippen LogP contribution in [0.2, 0.25) is 0 Å². The summed E-state index contributed by atoms with van der Waals surface area (Å²) >= 11 is 0. The van der Waals surface area contributed by atoms with Gasteiger partial charge in [0.25, 0.3) is 0 Å². The molecule has 2 aromatic carbocycles. The van der Waals surface area contributed by atoms with Gasteiger partial charge in [0.15, 0.2) is 0 Å². The van der Waals surface area contributed by atoms with E-state index in [0.29, 0.717) is 17.9 Å². The van der Waals surface area contributed by atoms with Gasteiger partial charge in [-0.05, 0) is 42.8 Å². The summed E-state index contributed by atoms with van der Waals surface area (Å²) in [4.78, 5) is 12.0. The highest BCUT2D eigenvalue weighted by Gasteiger charge is 2.11. The van der Waals surface area contributed by atoms with Gasteiger partial charge in [-0.15, -0.1) is 0 Å². The fourth-order valence-electron chi connectivity index (χ4n) is 1.84. The molecule has 0 saturated heterocycles. The molecule has 0 bridgehead atoms. The van der Waals surface area contributed by atoms with Crippen molar-refractivity contribution in [2.45, 2.75) is 19.8 Å². The van der Waals surface area contributed by atoms with Crippen LogP contribution in [-0.2, 0) is 0 Å². The van der Waals surface area contributed by atoms with E-state index in [4.69, 9.17) is 14.7 Å². The van der Waals surface area contributed by atoms with Crippen LogP contribution in [-0.4, -0.2) is 12.6 Å². The number of unbranched alkanes of at least 4 members (excludes halogenated alkanes) is 1. The van der Waals surface area contributed by atoms with Gasteiger partial charge in [-0.2, -0.15) is 5.26 Å². The second-order valence-electron chi connectivity index (χ2n) is 4.87.